The van der Waals surface area contributed by atoms with Gasteiger partial charge in [-0.3, -0.25) is 4.90 Å². The first-order chi connectivity index (χ1) is 8.35. The quantitative estimate of drug-likeness (QED) is 0.793. The van der Waals surface area contributed by atoms with E-state index in [9.17, 15) is 0 Å². The van der Waals surface area contributed by atoms with Crippen LogP contribution in [0.15, 0.2) is 0 Å². The van der Waals surface area contributed by atoms with Crippen LogP contribution in [0, 0.1) is 11.3 Å². The first kappa shape index (κ1) is 15.9. The van der Waals surface area contributed by atoms with Gasteiger partial charge in [-0.15, -0.1) is 0 Å². The lowest BCUT2D eigenvalue weighted by atomic mass is 9.72. The van der Waals surface area contributed by atoms with Crippen LogP contribution in [0.1, 0.15) is 47.0 Å². The molecule has 0 aromatic heterocycles. The molecule has 2 atom stereocenters. The summed E-state index contributed by atoms with van der Waals surface area (Å²) in [6, 6.07) is 0.847. The second-order valence-electron chi connectivity index (χ2n) is 7.02. The molecule has 1 fully saturated rings. The van der Waals surface area contributed by atoms with Gasteiger partial charge in [0.2, 0.25) is 0 Å². The predicted octanol–water partition coefficient (Wildman–Crippen LogP) is 2.50. The lowest BCUT2D eigenvalue weighted by Crippen LogP contribution is -2.54. The number of hydrogen-bond acceptors (Lipinski definition) is 3. The zero-order valence-electron chi connectivity index (χ0n) is 12.9. The molecular weight excluding hydrogens is 224 g/mol. The molecule has 0 spiro atoms. The lowest BCUT2D eigenvalue weighted by molar-refractivity contribution is 0.0484. The monoisotopic (exact) mass is 256 g/mol. The molecule has 0 aromatic carbocycles. The maximum absolute atomic E-state index is 6.37. The van der Waals surface area contributed by atoms with E-state index in [4.69, 9.17) is 10.5 Å². The minimum Gasteiger partial charge on any atom is -0.383 e. The van der Waals surface area contributed by atoms with E-state index in [2.05, 4.69) is 32.6 Å². The molecule has 0 aromatic rings. The van der Waals surface area contributed by atoms with Gasteiger partial charge in [-0.1, -0.05) is 27.7 Å². The first-order valence-corrected chi connectivity index (χ1v) is 7.34. The van der Waals surface area contributed by atoms with Crippen LogP contribution >= 0.6 is 0 Å². The SMILES string of the molecule is COCCN(CC(C)C)C1CC(C)(C)CCC1N. The Morgan fingerprint density at radius 3 is 2.61 bits per heavy atom. The van der Waals surface area contributed by atoms with E-state index < -0.39 is 0 Å². The van der Waals surface area contributed by atoms with E-state index in [-0.39, 0.29) is 0 Å². The van der Waals surface area contributed by atoms with Gasteiger partial charge in [0.25, 0.3) is 0 Å². The van der Waals surface area contributed by atoms with Crippen molar-refractivity contribution in [3.05, 3.63) is 0 Å². The van der Waals surface area contributed by atoms with Gasteiger partial charge in [-0.2, -0.15) is 0 Å². The summed E-state index contributed by atoms with van der Waals surface area (Å²) in [6.45, 7) is 12.2. The van der Waals surface area contributed by atoms with Crippen LogP contribution in [-0.2, 0) is 4.74 Å². The smallest absolute Gasteiger partial charge is 0.0589 e. The highest BCUT2D eigenvalue weighted by Gasteiger charge is 2.36. The molecule has 108 valence electrons. The van der Waals surface area contributed by atoms with E-state index in [1.807, 2.05) is 0 Å². The third-order valence-corrected chi connectivity index (χ3v) is 4.06. The zero-order valence-corrected chi connectivity index (χ0v) is 12.9. The van der Waals surface area contributed by atoms with Crippen molar-refractivity contribution >= 4 is 0 Å². The highest BCUT2D eigenvalue weighted by Crippen LogP contribution is 2.37. The van der Waals surface area contributed by atoms with Crippen LogP contribution in [-0.4, -0.2) is 43.8 Å². The van der Waals surface area contributed by atoms with Crippen LogP contribution in [0.2, 0.25) is 0 Å². The molecule has 0 saturated heterocycles. The number of methoxy groups -OCH3 is 1. The van der Waals surface area contributed by atoms with Gasteiger partial charge in [0.1, 0.15) is 0 Å². The van der Waals surface area contributed by atoms with Crippen LogP contribution in [0.5, 0.6) is 0 Å². The average molecular weight is 256 g/mol. The number of rotatable bonds is 6. The van der Waals surface area contributed by atoms with Crippen molar-refractivity contribution in [2.24, 2.45) is 17.1 Å². The number of nitrogens with zero attached hydrogens (tertiary/aromatic N) is 1. The van der Waals surface area contributed by atoms with Gasteiger partial charge in [-0.05, 0) is 30.6 Å². The Balaban J connectivity index is 2.68. The van der Waals surface area contributed by atoms with Gasteiger partial charge in [0, 0.05) is 32.3 Å². The summed E-state index contributed by atoms with van der Waals surface area (Å²) in [6.07, 6.45) is 3.62. The Kier molecular flexibility index (Phi) is 6.09. The van der Waals surface area contributed by atoms with Gasteiger partial charge in [0.15, 0.2) is 0 Å². The van der Waals surface area contributed by atoms with Gasteiger partial charge < -0.3 is 10.5 Å². The van der Waals surface area contributed by atoms with Crippen molar-refractivity contribution in [3.63, 3.8) is 0 Å². The maximum Gasteiger partial charge on any atom is 0.0589 e. The summed E-state index contributed by atoms with van der Waals surface area (Å²) in [5.41, 5.74) is 6.80. The van der Waals surface area contributed by atoms with Gasteiger partial charge in [-0.25, -0.2) is 0 Å². The van der Waals surface area contributed by atoms with Crippen LogP contribution < -0.4 is 5.73 Å². The summed E-state index contributed by atoms with van der Waals surface area (Å²) in [4.78, 5) is 2.56. The Hall–Kier alpha value is -0.120. The Labute approximate surface area is 113 Å². The molecule has 0 amide bonds. The first-order valence-electron chi connectivity index (χ1n) is 7.34. The second-order valence-corrected chi connectivity index (χ2v) is 7.02. The maximum atomic E-state index is 6.37. The molecule has 1 rings (SSSR count). The van der Waals surface area contributed by atoms with Crippen molar-refractivity contribution in [2.75, 3.05) is 26.8 Å². The van der Waals surface area contributed by atoms with Crippen molar-refractivity contribution in [3.8, 4) is 0 Å². The fourth-order valence-electron chi connectivity index (χ4n) is 3.04. The highest BCUT2D eigenvalue weighted by molar-refractivity contribution is 4.93. The summed E-state index contributed by atoms with van der Waals surface area (Å²) in [5.74, 6) is 0.680. The molecule has 1 saturated carbocycles. The number of hydrogen-bond donors (Lipinski definition) is 1. The summed E-state index contributed by atoms with van der Waals surface area (Å²) < 4.78 is 5.25. The molecule has 2 N–H and O–H groups in total. The molecule has 3 nitrogen and oxygen atoms in total. The van der Waals surface area contributed by atoms with Gasteiger partial charge in [0.05, 0.1) is 6.61 Å². The Bertz CT molecular complexity index is 241. The van der Waals surface area contributed by atoms with Gasteiger partial charge >= 0.3 is 0 Å². The fraction of sp³-hybridized carbons (Fsp3) is 1.00. The summed E-state index contributed by atoms with van der Waals surface area (Å²) in [5, 5.41) is 0. The average Bonchev–Trinajstić information content (AvgIpc) is 2.27. The molecule has 2 unspecified atom stereocenters. The molecule has 0 radical (unpaired) electrons. The van der Waals surface area contributed by atoms with Crippen LogP contribution in [0.3, 0.4) is 0 Å². The highest BCUT2D eigenvalue weighted by atomic mass is 16.5. The second kappa shape index (κ2) is 6.88. The van der Waals surface area contributed by atoms with Crippen molar-refractivity contribution in [2.45, 2.75) is 59.0 Å². The van der Waals surface area contributed by atoms with E-state index in [0.717, 1.165) is 26.1 Å². The number of nitrogens with two attached hydrogens (primary N) is 1. The topological polar surface area (TPSA) is 38.5 Å². The van der Waals surface area contributed by atoms with Crippen LogP contribution in [0.25, 0.3) is 0 Å². The molecular formula is C15H32N2O. The third-order valence-electron chi connectivity index (χ3n) is 4.06. The lowest BCUT2D eigenvalue weighted by Gasteiger charge is -2.45. The van der Waals surface area contributed by atoms with E-state index in [1.54, 1.807) is 7.11 Å². The third kappa shape index (κ3) is 4.87. The Morgan fingerprint density at radius 1 is 1.39 bits per heavy atom. The van der Waals surface area contributed by atoms with Crippen molar-refractivity contribution < 1.29 is 4.74 Å². The minimum absolute atomic E-state index is 0.327. The molecule has 0 bridgehead atoms. The van der Waals surface area contributed by atoms with E-state index in [0.29, 0.717) is 23.4 Å². The van der Waals surface area contributed by atoms with E-state index >= 15 is 0 Å². The van der Waals surface area contributed by atoms with Crippen molar-refractivity contribution in [1.82, 2.24) is 4.90 Å². The normalized spacial score (nSPS) is 28.0. The largest absolute Gasteiger partial charge is 0.383 e. The molecule has 0 aliphatic heterocycles. The van der Waals surface area contributed by atoms with Crippen molar-refractivity contribution in [1.29, 1.82) is 0 Å². The standard InChI is InChI=1S/C15H32N2O/c1-12(2)11-17(8-9-18-5)14-10-15(3,4)7-6-13(14)16/h12-14H,6-11,16H2,1-5H3. The molecule has 3 heteroatoms. The molecule has 18 heavy (non-hydrogen) atoms. The fourth-order valence-corrected chi connectivity index (χ4v) is 3.04. The summed E-state index contributed by atoms with van der Waals surface area (Å²) >= 11 is 0. The number of ether oxygens (including phenoxy) is 1. The zero-order chi connectivity index (χ0) is 13.8. The summed E-state index contributed by atoms with van der Waals surface area (Å²) in [7, 11) is 1.78. The molecule has 1 aliphatic carbocycles. The predicted molar refractivity (Wildman–Crippen MR) is 77.7 cm³/mol. The molecule has 1 aliphatic rings. The Morgan fingerprint density at radius 2 is 2.06 bits per heavy atom. The minimum atomic E-state index is 0.327. The van der Waals surface area contributed by atoms with Crippen LogP contribution in [0.4, 0.5) is 0 Å². The van der Waals surface area contributed by atoms with E-state index in [1.165, 1.54) is 12.8 Å². The molecule has 0 heterocycles.